The fourth-order valence-corrected chi connectivity index (χ4v) is 8.40. The van der Waals surface area contributed by atoms with E-state index < -0.39 is 0 Å². The highest BCUT2D eigenvalue weighted by molar-refractivity contribution is 5.93. The van der Waals surface area contributed by atoms with E-state index in [0.717, 1.165) is 31.1 Å². The van der Waals surface area contributed by atoms with Crippen LogP contribution >= 0.6 is 0 Å². The highest BCUT2D eigenvalue weighted by Gasteiger charge is 2.64. The Labute approximate surface area is 166 Å². The number of ketones is 2. The molecule has 4 rings (SSSR count). The second kappa shape index (κ2) is 6.17. The van der Waals surface area contributed by atoms with E-state index in [9.17, 15) is 9.59 Å². The molecule has 27 heavy (non-hydrogen) atoms. The molecule has 8 atom stereocenters. The SMILES string of the molecule is CC(=O)[C@H]1CCC2C3CCC4CC(C(C)(C)C)CC[C@]4(C)C3CC(=O)[C@@]21C. The summed E-state index contributed by atoms with van der Waals surface area (Å²) in [7, 11) is 0. The molecule has 0 radical (unpaired) electrons. The Hall–Kier alpha value is -0.660. The predicted octanol–water partition coefficient (Wildman–Crippen LogP) is 6.08. The van der Waals surface area contributed by atoms with E-state index in [0.29, 0.717) is 34.4 Å². The van der Waals surface area contributed by atoms with Crippen LogP contribution in [0.3, 0.4) is 0 Å². The monoisotopic (exact) mass is 372 g/mol. The maximum Gasteiger partial charge on any atom is 0.140 e. The van der Waals surface area contributed by atoms with Crippen LogP contribution in [0.5, 0.6) is 0 Å². The highest BCUT2D eigenvalue weighted by Crippen LogP contribution is 2.67. The highest BCUT2D eigenvalue weighted by atomic mass is 16.1. The molecule has 4 aliphatic carbocycles. The first-order valence-corrected chi connectivity index (χ1v) is 11.5. The molecule has 0 aliphatic heterocycles. The van der Waals surface area contributed by atoms with Gasteiger partial charge in [0.15, 0.2) is 0 Å². The summed E-state index contributed by atoms with van der Waals surface area (Å²) >= 11 is 0. The summed E-state index contributed by atoms with van der Waals surface area (Å²) in [5.41, 5.74) is 0.383. The van der Waals surface area contributed by atoms with Gasteiger partial charge < -0.3 is 0 Å². The average molecular weight is 373 g/mol. The summed E-state index contributed by atoms with van der Waals surface area (Å²) in [6.45, 7) is 13.6. The number of carbonyl (C=O) groups excluding carboxylic acids is 2. The van der Waals surface area contributed by atoms with Gasteiger partial charge in [0.25, 0.3) is 0 Å². The van der Waals surface area contributed by atoms with Crippen LogP contribution < -0.4 is 0 Å². The molecule has 0 spiro atoms. The van der Waals surface area contributed by atoms with Crippen LogP contribution in [0.4, 0.5) is 0 Å². The number of rotatable bonds is 1. The molecular weight excluding hydrogens is 332 g/mol. The number of Topliss-reactive ketones (excluding diaryl/α,β-unsaturated/α-hetero) is 2. The third-order valence-electron chi connectivity index (χ3n) is 10.2. The molecule has 0 saturated heterocycles. The minimum absolute atomic E-state index is 0.0156. The Morgan fingerprint density at radius 3 is 2.33 bits per heavy atom. The maximum atomic E-state index is 13.5. The van der Waals surface area contributed by atoms with Crippen molar-refractivity contribution in [2.75, 3.05) is 0 Å². The van der Waals surface area contributed by atoms with Crippen molar-refractivity contribution in [1.82, 2.24) is 0 Å². The Balaban J connectivity index is 1.62. The van der Waals surface area contributed by atoms with E-state index in [1.165, 1.54) is 32.1 Å². The molecular formula is C25H40O2. The molecule has 4 aliphatic rings. The van der Waals surface area contributed by atoms with Crippen LogP contribution in [0, 0.1) is 51.8 Å². The molecule has 2 nitrogen and oxygen atoms in total. The molecule has 0 aromatic carbocycles. The van der Waals surface area contributed by atoms with Gasteiger partial charge in [0.2, 0.25) is 0 Å². The fourth-order valence-electron chi connectivity index (χ4n) is 8.40. The summed E-state index contributed by atoms with van der Waals surface area (Å²) < 4.78 is 0. The first kappa shape index (κ1) is 19.6. The molecule has 4 saturated carbocycles. The van der Waals surface area contributed by atoms with E-state index >= 15 is 0 Å². The lowest BCUT2D eigenvalue weighted by Crippen LogP contribution is -2.57. The predicted molar refractivity (Wildman–Crippen MR) is 109 cm³/mol. The van der Waals surface area contributed by atoms with Crippen molar-refractivity contribution < 1.29 is 9.59 Å². The van der Waals surface area contributed by atoms with Crippen molar-refractivity contribution in [1.29, 1.82) is 0 Å². The zero-order valence-electron chi connectivity index (χ0n) is 18.4. The standard InChI is InChI=1S/C25H40O2/c1-15(26)19-9-10-20-18-8-7-17-13-16(23(2,3)4)11-12-24(17,5)21(18)14-22(27)25(19,20)6/h16-21H,7-14H2,1-6H3/t16?,17?,18?,19-,20?,21?,24+,25-/m1/s1. The van der Waals surface area contributed by atoms with Crippen LogP contribution in [0.1, 0.15) is 92.9 Å². The van der Waals surface area contributed by atoms with Crippen LogP contribution in [0.2, 0.25) is 0 Å². The lowest BCUT2D eigenvalue weighted by molar-refractivity contribution is -0.161. The van der Waals surface area contributed by atoms with Crippen molar-refractivity contribution in [3.05, 3.63) is 0 Å². The van der Waals surface area contributed by atoms with Gasteiger partial charge in [0.05, 0.1) is 0 Å². The van der Waals surface area contributed by atoms with Gasteiger partial charge in [-0.1, -0.05) is 34.6 Å². The summed E-state index contributed by atoms with van der Waals surface area (Å²) in [6.07, 6.45) is 9.40. The number of fused-ring (bicyclic) bond motifs is 5. The molecule has 152 valence electrons. The zero-order chi connectivity index (χ0) is 19.8. The lowest BCUT2D eigenvalue weighted by Gasteiger charge is -2.61. The number of hydrogen-bond donors (Lipinski definition) is 0. The third kappa shape index (κ3) is 2.71. The summed E-state index contributed by atoms with van der Waals surface area (Å²) in [5, 5.41) is 0. The largest absolute Gasteiger partial charge is 0.300 e. The van der Waals surface area contributed by atoms with E-state index in [2.05, 4.69) is 34.6 Å². The maximum absolute atomic E-state index is 13.5. The van der Waals surface area contributed by atoms with E-state index in [4.69, 9.17) is 0 Å². The summed E-state index contributed by atoms with van der Waals surface area (Å²) in [6, 6.07) is 0. The van der Waals surface area contributed by atoms with Gasteiger partial charge in [-0.15, -0.1) is 0 Å². The fraction of sp³-hybridized carbons (Fsp3) is 0.920. The molecule has 2 heteroatoms. The van der Waals surface area contributed by atoms with Gasteiger partial charge in [-0.2, -0.15) is 0 Å². The normalized spacial score (nSPS) is 49.9. The van der Waals surface area contributed by atoms with Gasteiger partial charge in [0, 0.05) is 17.8 Å². The van der Waals surface area contributed by atoms with Crippen LogP contribution in [-0.4, -0.2) is 11.6 Å². The smallest absolute Gasteiger partial charge is 0.140 e. The molecule has 0 bridgehead atoms. The van der Waals surface area contributed by atoms with Crippen molar-refractivity contribution in [2.45, 2.75) is 92.9 Å². The Bertz CT molecular complexity index is 643. The molecule has 0 aromatic heterocycles. The molecule has 0 aromatic rings. The van der Waals surface area contributed by atoms with Gasteiger partial charge in [-0.25, -0.2) is 0 Å². The number of carbonyl (C=O) groups is 2. The van der Waals surface area contributed by atoms with Crippen LogP contribution in [-0.2, 0) is 9.59 Å². The molecule has 0 amide bonds. The van der Waals surface area contributed by atoms with Gasteiger partial charge in [0.1, 0.15) is 11.6 Å². The van der Waals surface area contributed by atoms with Gasteiger partial charge in [-0.05, 0) is 92.3 Å². The van der Waals surface area contributed by atoms with E-state index in [1.54, 1.807) is 6.92 Å². The minimum Gasteiger partial charge on any atom is -0.300 e. The Morgan fingerprint density at radius 1 is 1.00 bits per heavy atom. The first-order chi connectivity index (χ1) is 12.5. The zero-order valence-corrected chi connectivity index (χ0v) is 18.4. The summed E-state index contributed by atoms with van der Waals surface area (Å²) in [4.78, 5) is 25.7. The van der Waals surface area contributed by atoms with Crippen LogP contribution in [0.25, 0.3) is 0 Å². The number of hydrogen-bond acceptors (Lipinski definition) is 2. The van der Waals surface area contributed by atoms with Crippen molar-refractivity contribution >= 4 is 11.6 Å². The molecule has 0 heterocycles. The summed E-state index contributed by atoms with van der Waals surface area (Å²) in [5.74, 6) is 3.96. The third-order valence-corrected chi connectivity index (χ3v) is 10.2. The van der Waals surface area contributed by atoms with Crippen molar-refractivity contribution in [3.63, 3.8) is 0 Å². The first-order valence-electron chi connectivity index (χ1n) is 11.5. The Morgan fingerprint density at radius 2 is 1.70 bits per heavy atom. The van der Waals surface area contributed by atoms with Gasteiger partial charge >= 0.3 is 0 Å². The molecule has 4 fully saturated rings. The van der Waals surface area contributed by atoms with Gasteiger partial charge in [-0.3, -0.25) is 9.59 Å². The van der Waals surface area contributed by atoms with Crippen molar-refractivity contribution in [2.24, 2.45) is 51.8 Å². The second-order valence-corrected chi connectivity index (χ2v) is 12.1. The second-order valence-electron chi connectivity index (χ2n) is 12.1. The molecule has 0 N–H and O–H groups in total. The Kier molecular flexibility index (Phi) is 4.49. The minimum atomic E-state index is -0.362. The van der Waals surface area contributed by atoms with E-state index in [1.807, 2.05) is 0 Å². The van der Waals surface area contributed by atoms with Crippen molar-refractivity contribution in [3.8, 4) is 0 Å². The lowest BCUT2D eigenvalue weighted by atomic mass is 9.43. The van der Waals surface area contributed by atoms with E-state index in [-0.39, 0.29) is 17.1 Å². The quantitative estimate of drug-likeness (QED) is 0.559. The molecule has 5 unspecified atom stereocenters. The van der Waals surface area contributed by atoms with Crippen LogP contribution in [0.15, 0.2) is 0 Å². The average Bonchev–Trinajstić information content (AvgIpc) is 2.93. The topological polar surface area (TPSA) is 34.1 Å².